The van der Waals surface area contributed by atoms with Crippen molar-refractivity contribution in [3.05, 3.63) is 46.5 Å². The van der Waals surface area contributed by atoms with Crippen LogP contribution >= 0.6 is 0 Å². The zero-order valence-corrected chi connectivity index (χ0v) is 15.5. The van der Waals surface area contributed by atoms with Crippen LogP contribution in [-0.2, 0) is 0 Å². The van der Waals surface area contributed by atoms with Gasteiger partial charge in [0.25, 0.3) is 5.69 Å². The standard InChI is InChI=1S/C18H16N6O5/c1-3-20-17(25)23-15(13(8-19)10(2)22-18(23)26)14-16(29-9-21-14)11-4-6-12(7-5-11)24(27)28/h4-7,9,13,15H,3H2,1-2H3,(H,20,25). The molecule has 29 heavy (non-hydrogen) atoms. The summed E-state index contributed by atoms with van der Waals surface area (Å²) in [7, 11) is 0. The number of nitro groups is 1. The van der Waals surface area contributed by atoms with E-state index in [1.54, 1.807) is 6.92 Å². The highest BCUT2D eigenvalue weighted by Crippen LogP contribution is 2.38. The minimum atomic E-state index is -1.07. The van der Waals surface area contributed by atoms with Crippen LogP contribution in [0.1, 0.15) is 25.6 Å². The monoisotopic (exact) mass is 396 g/mol. The molecule has 0 radical (unpaired) electrons. The summed E-state index contributed by atoms with van der Waals surface area (Å²) < 4.78 is 5.46. The largest absolute Gasteiger partial charge is 0.443 e. The molecule has 148 valence electrons. The van der Waals surface area contributed by atoms with Gasteiger partial charge >= 0.3 is 12.1 Å². The van der Waals surface area contributed by atoms with E-state index in [2.05, 4.69) is 21.4 Å². The Kier molecular flexibility index (Phi) is 5.36. The van der Waals surface area contributed by atoms with Crippen LogP contribution in [-0.4, -0.2) is 39.1 Å². The van der Waals surface area contributed by atoms with Crippen LogP contribution in [0.4, 0.5) is 15.3 Å². The number of nitrogens with zero attached hydrogens (tertiary/aromatic N) is 5. The molecule has 0 fully saturated rings. The average molecular weight is 396 g/mol. The van der Waals surface area contributed by atoms with Crippen LogP contribution in [0.5, 0.6) is 0 Å². The van der Waals surface area contributed by atoms with Crippen LogP contribution in [0.3, 0.4) is 0 Å². The lowest BCUT2D eigenvalue weighted by atomic mass is 9.89. The molecule has 2 heterocycles. The van der Waals surface area contributed by atoms with Gasteiger partial charge in [0.05, 0.1) is 11.0 Å². The number of carbonyl (C=O) groups excluding carboxylic acids is 2. The van der Waals surface area contributed by atoms with Crippen LogP contribution < -0.4 is 5.32 Å². The number of nitriles is 1. The highest BCUT2D eigenvalue weighted by Gasteiger charge is 2.44. The Balaban J connectivity index is 2.12. The highest BCUT2D eigenvalue weighted by molar-refractivity contribution is 6.05. The molecule has 0 aliphatic carbocycles. The SMILES string of the molecule is CCNC(=O)N1C(=O)N=C(C)C(C#N)C1c1ncoc1-c1ccc([N+](=O)[O-])cc1. The molecule has 0 saturated carbocycles. The zero-order valence-electron chi connectivity index (χ0n) is 15.5. The molecule has 1 N–H and O–H groups in total. The van der Waals surface area contributed by atoms with E-state index in [-0.39, 0.29) is 29.4 Å². The third kappa shape index (κ3) is 3.55. The van der Waals surface area contributed by atoms with Crippen LogP contribution in [0.15, 0.2) is 40.1 Å². The predicted octanol–water partition coefficient (Wildman–Crippen LogP) is 3.06. The Labute approximate surface area is 164 Å². The number of aromatic nitrogens is 1. The molecule has 1 aliphatic rings. The lowest BCUT2D eigenvalue weighted by Gasteiger charge is -2.34. The van der Waals surface area contributed by atoms with E-state index in [0.29, 0.717) is 5.56 Å². The summed E-state index contributed by atoms with van der Waals surface area (Å²) in [6.45, 7) is 3.48. The normalized spacial score (nSPS) is 18.7. The number of oxazole rings is 1. The van der Waals surface area contributed by atoms with E-state index in [1.165, 1.54) is 31.2 Å². The molecular weight excluding hydrogens is 380 g/mol. The lowest BCUT2D eigenvalue weighted by molar-refractivity contribution is -0.384. The number of imide groups is 1. The second-order valence-corrected chi connectivity index (χ2v) is 6.16. The van der Waals surface area contributed by atoms with Gasteiger partial charge in [-0.15, -0.1) is 0 Å². The third-order valence-electron chi connectivity index (χ3n) is 4.42. The second kappa shape index (κ2) is 7.89. The maximum Gasteiger partial charge on any atom is 0.352 e. The van der Waals surface area contributed by atoms with Crippen molar-refractivity contribution < 1.29 is 18.9 Å². The Morgan fingerprint density at radius 1 is 1.41 bits per heavy atom. The summed E-state index contributed by atoms with van der Waals surface area (Å²) >= 11 is 0. The first-order valence-electron chi connectivity index (χ1n) is 8.63. The summed E-state index contributed by atoms with van der Waals surface area (Å²) in [6.07, 6.45) is 1.13. The molecule has 0 saturated heterocycles. The quantitative estimate of drug-likeness (QED) is 0.615. The number of rotatable bonds is 4. The molecule has 3 rings (SSSR count). The molecule has 4 amide bonds. The third-order valence-corrected chi connectivity index (χ3v) is 4.42. The van der Waals surface area contributed by atoms with Crippen molar-refractivity contribution >= 4 is 23.5 Å². The van der Waals surface area contributed by atoms with Gasteiger partial charge in [0.2, 0.25) is 0 Å². The van der Waals surface area contributed by atoms with Gasteiger partial charge < -0.3 is 9.73 Å². The van der Waals surface area contributed by atoms with Crippen molar-refractivity contribution in [1.29, 1.82) is 5.26 Å². The van der Waals surface area contributed by atoms with E-state index in [9.17, 15) is 25.0 Å². The van der Waals surface area contributed by atoms with E-state index in [1.807, 2.05) is 0 Å². The van der Waals surface area contributed by atoms with Gasteiger partial charge in [-0.2, -0.15) is 5.26 Å². The van der Waals surface area contributed by atoms with Crippen LogP contribution in [0, 0.1) is 27.4 Å². The zero-order chi connectivity index (χ0) is 21.1. The number of hydrogen-bond acceptors (Lipinski definition) is 7. The first-order chi connectivity index (χ1) is 13.9. The van der Waals surface area contributed by atoms with E-state index < -0.39 is 28.9 Å². The maximum atomic E-state index is 12.5. The minimum Gasteiger partial charge on any atom is -0.443 e. The number of nitro benzene ring substituents is 1. The summed E-state index contributed by atoms with van der Waals surface area (Å²) in [4.78, 5) is 44.2. The molecular formula is C18H16N6O5. The van der Waals surface area contributed by atoms with E-state index >= 15 is 0 Å². The van der Waals surface area contributed by atoms with Gasteiger partial charge in [0, 0.05) is 30.0 Å². The van der Waals surface area contributed by atoms with E-state index in [4.69, 9.17) is 4.42 Å². The molecule has 2 unspecified atom stereocenters. The minimum absolute atomic E-state index is 0.107. The first kappa shape index (κ1) is 19.7. The van der Waals surface area contributed by atoms with Crippen molar-refractivity contribution in [2.75, 3.05) is 6.54 Å². The number of amides is 4. The number of nitrogens with one attached hydrogen (secondary N) is 1. The smallest absolute Gasteiger partial charge is 0.352 e. The fraction of sp³-hybridized carbons (Fsp3) is 0.278. The Bertz CT molecular complexity index is 1040. The Morgan fingerprint density at radius 3 is 2.69 bits per heavy atom. The molecule has 1 aromatic heterocycles. The number of hydrogen-bond donors (Lipinski definition) is 1. The van der Waals surface area contributed by atoms with Gasteiger partial charge in [0.15, 0.2) is 12.2 Å². The lowest BCUT2D eigenvalue weighted by Crippen LogP contribution is -2.50. The predicted molar refractivity (Wildman–Crippen MR) is 99.9 cm³/mol. The molecule has 11 heteroatoms. The molecule has 1 aliphatic heterocycles. The van der Waals surface area contributed by atoms with Gasteiger partial charge in [-0.1, -0.05) is 0 Å². The second-order valence-electron chi connectivity index (χ2n) is 6.16. The van der Waals surface area contributed by atoms with Crippen LogP contribution in [0.25, 0.3) is 11.3 Å². The fourth-order valence-corrected chi connectivity index (χ4v) is 3.08. The number of benzene rings is 1. The highest BCUT2D eigenvalue weighted by atomic mass is 16.6. The Hall–Kier alpha value is -4.07. The molecule has 2 atom stereocenters. The molecule has 11 nitrogen and oxygen atoms in total. The maximum absolute atomic E-state index is 12.5. The number of aliphatic imine (C=N–C) groups is 1. The Morgan fingerprint density at radius 2 is 2.10 bits per heavy atom. The van der Waals surface area contributed by atoms with Crippen LogP contribution in [0.2, 0.25) is 0 Å². The van der Waals surface area contributed by atoms with Crippen molar-refractivity contribution in [3.8, 4) is 17.4 Å². The summed E-state index contributed by atoms with van der Waals surface area (Å²) in [6, 6.07) is 4.99. The number of non-ortho nitro benzene ring substituents is 1. The summed E-state index contributed by atoms with van der Waals surface area (Å²) in [5.74, 6) is -0.737. The van der Waals surface area contributed by atoms with Gasteiger partial charge in [-0.05, 0) is 26.0 Å². The van der Waals surface area contributed by atoms with Gasteiger partial charge in [-0.25, -0.2) is 24.5 Å². The van der Waals surface area contributed by atoms with Crippen molar-refractivity contribution in [3.63, 3.8) is 0 Å². The van der Waals surface area contributed by atoms with Crippen molar-refractivity contribution in [2.45, 2.75) is 19.9 Å². The topological polar surface area (TPSA) is 155 Å². The van der Waals surface area contributed by atoms with Gasteiger partial charge in [0.1, 0.15) is 17.7 Å². The first-order valence-corrected chi connectivity index (χ1v) is 8.63. The van der Waals surface area contributed by atoms with Crippen molar-refractivity contribution in [1.82, 2.24) is 15.2 Å². The average Bonchev–Trinajstić information content (AvgIpc) is 3.17. The fourth-order valence-electron chi connectivity index (χ4n) is 3.08. The van der Waals surface area contributed by atoms with Crippen molar-refractivity contribution in [2.24, 2.45) is 10.9 Å². The summed E-state index contributed by atoms with van der Waals surface area (Å²) in [5, 5.41) is 23.1. The van der Waals surface area contributed by atoms with Gasteiger partial charge in [-0.3, -0.25) is 10.1 Å². The molecule has 1 aromatic carbocycles. The molecule has 0 bridgehead atoms. The number of carbonyl (C=O) groups is 2. The molecule has 2 aromatic rings. The number of urea groups is 2. The van der Waals surface area contributed by atoms with E-state index in [0.717, 1.165) is 11.3 Å². The molecule has 0 spiro atoms. The summed E-state index contributed by atoms with van der Waals surface area (Å²) in [5.41, 5.74) is 0.771.